The normalized spacial score (nSPS) is 23.6. The fourth-order valence-corrected chi connectivity index (χ4v) is 3.22. The van der Waals surface area contributed by atoms with Crippen molar-refractivity contribution in [1.29, 1.82) is 0 Å². The third-order valence-corrected chi connectivity index (χ3v) is 3.96. The predicted molar refractivity (Wildman–Crippen MR) is 83.5 cm³/mol. The number of ketones is 1. The molecule has 1 atom stereocenters. The summed E-state index contributed by atoms with van der Waals surface area (Å²) in [6.07, 6.45) is 7.60. The summed E-state index contributed by atoms with van der Waals surface area (Å²) in [7, 11) is 0. The lowest BCUT2D eigenvalue weighted by molar-refractivity contribution is -0.291. The van der Waals surface area contributed by atoms with Crippen molar-refractivity contribution in [2.45, 2.75) is 90.3 Å². The highest BCUT2D eigenvalue weighted by Crippen LogP contribution is 2.37. The molecule has 1 unspecified atom stereocenters. The molecule has 0 aromatic carbocycles. The van der Waals surface area contributed by atoms with Gasteiger partial charge in [0, 0.05) is 23.9 Å². The smallest absolute Gasteiger partial charge is 0.136 e. The Morgan fingerprint density at radius 2 is 1.80 bits per heavy atom. The Morgan fingerprint density at radius 1 is 1.25 bits per heavy atom. The van der Waals surface area contributed by atoms with E-state index in [1.54, 1.807) is 0 Å². The number of unbranched alkanes of at least 4 members (excludes halogenated alkanes) is 2. The molecule has 116 valence electrons. The Hall–Kier alpha value is -0.670. The average molecular weight is 281 g/mol. The first-order valence-corrected chi connectivity index (χ1v) is 7.84. The predicted octanol–water partition coefficient (Wildman–Crippen LogP) is 4.28. The minimum Gasteiger partial charge on any atom is -0.300 e. The van der Waals surface area contributed by atoms with Crippen molar-refractivity contribution in [2.24, 2.45) is 0 Å². The van der Waals surface area contributed by atoms with Gasteiger partial charge in [-0.05, 0) is 34.1 Å². The fraction of sp³-hybridized carbons (Fsp3) is 0.824. The number of carbonyl (C=O) groups excluding carboxylic acids is 1. The zero-order valence-electron chi connectivity index (χ0n) is 13.9. The van der Waals surface area contributed by atoms with Crippen LogP contribution in [0.15, 0.2) is 12.7 Å². The maximum Gasteiger partial charge on any atom is 0.136 e. The first-order valence-electron chi connectivity index (χ1n) is 7.84. The largest absolute Gasteiger partial charge is 0.300 e. The highest BCUT2D eigenvalue weighted by atomic mass is 16.7. The van der Waals surface area contributed by atoms with Gasteiger partial charge in [-0.1, -0.05) is 32.3 Å². The van der Waals surface area contributed by atoms with E-state index in [9.17, 15) is 4.79 Å². The van der Waals surface area contributed by atoms with Gasteiger partial charge in [0.1, 0.15) is 5.78 Å². The summed E-state index contributed by atoms with van der Waals surface area (Å²) in [6.45, 7) is 14.4. The van der Waals surface area contributed by atoms with E-state index >= 15 is 0 Å². The number of hydrogen-bond acceptors (Lipinski definition) is 3. The summed E-state index contributed by atoms with van der Waals surface area (Å²) in [5.74, 6) is 0.320. The lowest BCUT2D eigenvalue weighted by Crippen LogP contribution is -2.61. The monoisotopic (exact) mass is 281 g/mol. The van der Waals surface area contributed by atoms with E-state index in [-0.39, 0.29) is 17.2 Å². The summed E-state index contributed by atoms with van der Waals surface area (Å²) < 4.78 is 0. The number of piperidine rings is 1. The van der Waals surface area contributed by atoms with Gasteiger partial charge in [0.2, 0.25) is 0 Å². The van der Waals surface area contributed by atoms with Gasteiger partial charge in [-0.3, -0.25) is 9.63 Å². The van der Waals surface area contributed by atoms with E-state index in [0.717, 1.165) is 12.8 Å². The maximum absolute atomic E-state index is 11.9. The third-order valence-electron chi connectivity index (χ3n) is 3.96. The molecule has 0 N–H and O–H groups in total. The molecule has 1 saturated heterocycles. The molecule has 0 aliphatic carbocycles. The number of Topliss-reactive ketones (excluding diaryl/α,β-unsaturated/α-hetero) is 1. The van der Waals surface area contributed by atoms with Gasteiger partial charge in [0.15, 0.2) is 0 Å². The lowest BCUT2D eigenvalue weighted by Gasteiger charge is -2.51. The van der Waals surface area contributed by atoms with Crippen LogP contribution < -0.4 is 0 Å². The topological polar surface area (TPSA) is 29.5 Å². The minimum absolute atomic E-state index is 0.0355. The van der Waals surface area contributed by atoms with Crippen LogP contribution in [-0.2, 0) is 9.63 Å². The van der Waals surface area contributed by atoms with Crippen molar-refractivity contribution in [3.63, 3.8) is 0 Å². The molecule has 20 heavy (non-hydrogen) atoms. The number of rotatable bonds is 7. The molecule has 3 nitrogen and oxygen atoms in total. The fourth-order valence-electron chi connectivity index (χ4n) is 3.22. The standard InChI is InChI=1S/C17H31NO2/c1-7-9-10-11-15(8-2)20-18-16(3,4)12-14(19)13-17(18,5)6/h8,15H,2,7,9-13H2,1,3-6H3. The van der Waals surface area contributed by atoms with E-state index in [2.05, 4.69) is 41.2 Å². The van der Waals surface area contributed by atoms with Crippen LogP contribution in [-0.4, -0.2) is 28.0 Å². The maximum atomic E-state index is 11.9. The van der Waals surface area contributed by atoms with Crippen LogP contribution in [0.2, 0.25) is 0 Å². The number of hydroxylamine groups is 2. The van der Waals surface area contributed by atoms with Crippen molar-refractivity contribution in [2.75, 3.05) is 0 Å². The summed E-state index contributed by atoms with van der Waals surface area (Å²) in [6, 6.07) is 0. The second-order valence-electron chi connectivity index (χ2n) is 7.19. The van der Waals surface area contributed by atoms with Crippen LogP contribution in [0.4, 0.5) is 0 Å². The summed E-state index contributed by atoms with van der Waals surface area (Å²) in [5, 5.41) is 2.04. The van der Waals surface area contributed by atoms with Crippen molar-refractivity contribution < 1.29 is 9.63 Å². The molecular formula is C17H31NO2. The number of nitrogens with zero attached hydrogens (tertiary/aromatic N) is 1. The average Bonchev–Trinajstić information content (AvgIpc) is 2.29. The van der Waals surface area contributed by atoms with E-state index in [4.69, 9.17) is 4.84 Å². The summed E-state index contributed by atoms with van der Waals surface area (Å²) >= 11 is 0. The van der Waals surface area contributed by atoms with Crippen LogP contribution in [0.1, 0.15) is 73.1 Å². The van der Waals surface area contributed by atoms with Gasteiger partial charge in [0.05, 0.1) is 6.10 Å². The minimum atomic E-state index is -0.259. The molecule has 0 saturated carbocycles. The van der Waals surface area contributed by atoms with Crippen molar-refractivity contribution in [1.82, 2.24) is 5.06 Å². The molecule has 0 bridgehead atoms. The molecule has 3 heteroatoms. The molecule has 1 aliphatic heterocycles. The molecular weight excluding hydrogens is 250 g/mol. The zero-order chi connectivity index (χ0) is 15.4. The SMILES string of the molecule is C=CC(CCCCC)ON1C(C)(C)CC(=O)CC1(C)C. The van der Waals surface area contributed by atoms with Gasteiger partial charge in [0.25, 0.3) is 0 Å². The van der Waals surface area contributed by atoms with Gasteiger partial charge in [-0.25, -0.2) is 0 Å². The Kier molecular flexibility index (Phi) is 5.96. The Bertz CT molecular complexity index is 327. The van der Waals surface area contributed by atoms with Crippen LogP contribution in [0.3, 0.4) is 0 Å². The van der Waals surface area contributed by atoms with E-state index in [1.165, 1.54) is 12.8 Å². The van der Waals surface area contributed by atoms with Crippen molar-refractivity contribution >= 4 is 5.78 Å². The number of hydrogen-bond donors (Lipinski definition) is 0. The highest BCUT2D eigenvalue weighted by Gasteiger charge is 2.46. The van der Waals surface area contributed by atoms with Gasteiger partial charge < -0.3 is 0 Å². The molecule has 0 spiro atoms. The Labute approximate surface area is 124 Å². The third kappa shape index (κ3) is 4.42. The van der Waals surface area contributed by atoms with Crippen LogP contribution >= 0.6 is 0 Å². The molecule has 1 aliphatic rings. The molecule has 0 aromatic rings. The second kappa shape index (κ2) is 6.86. The molecule has 1 rings (SSSR count). The molecule has 0 radical (unpaired) electrons. The van der Waals surface area contributed by atoms with Gasteiger partial charge >= 0.3 is 0 Å². The Morgan fingerprint density at radius 3 is 2.25 bits per heavy atom. The van der Waals surface area contributed by atoms with E-state index in [1.807, 2.05) is 11.1 Å². The Balaban J connectivity index is 2.75. The first kappa shape index (κ1) is 17.4. The summed E-state index contributed by atoms with van der Waals surface area (Å²) in [5.41, 5.74) is -0.518. The first-order chi connectivity index (χ1) is 9.23. The van der Waals surface area contributed by atoms with E-state index in [0.29, 0.717) is 18.6 Å². The number of carbonyl (C=O) groups is 1. The van der Waals surface area contributed by atoms with Crippen LogP contribution in [0, 0.1) is 0 Å². The van der Waals surface area contributed by atoms with Crippen LogP contribution in [0.25, 0.3) is 0 Å². The van der Waals surface area contributed by atoms with Crippen LogP contribution in [0.5, 0.6) is 0 Å². The quantitative estimate of drug-likeness (QED) is 0.515. The van der Waals surface area contributed by atoms with E-state index < -0.39 is 0 Å². The van der Waals surface area contributed by atoms with Gasteiger partial charge in [-0.2, -0.15) is 5.06 Å². The molecule has 0 aromatic heterocycles. The molecule has 1 fully saturated rings. The second-order valence-corrected chi connectivity index (χ2v) is 7.19. The zero-order valence-corrected chi connectivity index (χ0v) is 13.9. The lowest BCUT2D eigenvalue weighted by atomic mass is 9.81. The molecule has 1 heterocycles. The van der Waals surface area contributed by atoms with Gasteiger partial charge in [-0.15, -0.1) is 6.58 Å². The summed E-state index contributed by atoms with van der Waals surface area (Å²) in [4.78, 5) is 18.1. The van der Waals surface area contributed by atoms with Crippen molar-refractivity contribution in [3.05, 3.63) is 12.7 Å². The van der Waals surface area contributed by atoms with Crippen molar-refractivity contribution in [3.8, 4) is 0 Å². The molecule has 0 amide bonds. The highest BCUT2D eigenvalue weighted by molar-refractivity contribution is 5.81.